The van der Waals surface area contributed by atoms with Crippen molar-refractivity contribution >= 4 is 5.78 Å². The first-order valence-electron chi connectivity index (χ1n) is 5.23. The fourth-order valence-electron chi connectivity index (χ4n) is 2.02. The number of hydroxylamine groups is 2. The van der Waals surface area contributed by atoms with E-state index in [4.69, 9.17) is 4.84 Å². The van der Waals surface area contributed by atoms with E-state index in [0.717, 1.165) is 24.9 Å². The molecule has 0 aromatic heterocycles. The molecule has 1 heterocycles. The molecule has 0 aliphatic carbocycles. The molecule has 1 atom stereocenters. The molecule has 1 aromatic rings. The van der Waals surface area contributed by atoms with Gasteiger partial charge in [0.25, 0.3) is 0 Å². The summed E-state index contributed by atoms with van der Waals surface area (Å²) in [5, 5.41) is 1.77. The van der Waals surface area contributed by atoms with Crippen molar-refractivity contribution in [3.63, 3.8) is 0 Å². The smallest absolute Gasteiger partial charge is 0.182 e. The molecule has 1 aromatic carbocycles. The maximum absolute atomic E-state index is 12.1. The van der Waals surface area contributed by atoms with Crippen LogP contribution < -0.4 is 0 Å². The Labute approximate surface area is 89.6 Å². The molecular formula is C12H15NO2. The van der Waals surface area contributed by atoms with Crippen molar-refractivity contribution in [2.45, 2.75) is 18.9 Å². The standard InChI is InChI=1S/C12H15NO2/c1-15-13-9-5-8-11(13)12(14)10-6-3-2-4-7-10/h2-4,6-7,11H,5,8-9H2,1H3/t11-/m0/s1. The van der Waals surface area contributed by atoms with Crippen LogP contribution in [0.5, 0.6) is 0 Å². The van der Waals surface area contributed by atoms with Crippen molar-refractivity contribution in [3.05, 3.63) is 35.9 Å². The van der Waals surface area contributed by atoms with Crippen LogP contribution in [0.2, 0.25) is 0 Å². The van der Waals surface area contributed by atoms with E-state index in [0.29, 0.717) is 0 Å². The van der Waals surface area contributed by atoms with Gasteiger partial charge in [-0.3, -0.25) is 4.79 Å². The largest absolute Gasteiger partial charge is 0.302 e. The lowest BCUT2D eigenvalue weighted by molar-refractivity contribution is -0.130. The first-order chi connectivity index (χ1) is 7.33. The maximum Gasteiger partial charge on any atom is 0.182 e. The Balaban J connectivity index is 2.14. The molecule has 80 valence electrons. The second-order valence-corrected chi connectivity index (χ2v) is 3.71. The number of Topliss-reactive ketones (excluding diaryl/α,β-unsaturated/α-hetero) is 1. The Morgan fingerprint density at radius 1 is 1.40 bits per heavy atom. The monoisotopic (exact) mass is 205 g/mol. The molecule has 1 fully saturated rings. The number of carbonyl (C=O) groups is 1. The molecule has 0 amide bonds. The summed E-state index contributed by atoms with van der Waals surface area (Å²) in [6.45, 7) is 0.847. The first-order valence-corrected chi connectivity index (χ1v) is 5.23. The van der Waals surface area contributed by atoms with Gasteiger partial charge in [-0.2, -0.15) is 5.06 Å². The lowest BCUT2D eigenvalue weighted by Gasteiger charge is -2.20. The first kappa shape index (κ1) is 10.3. The molecule has 2 rings (SSSR count). The van der Waals surface area contributed by atoms with E-state index in [9.17, 15) is 4.79 Å². The average Bonchev–Trinajstić information content (AvgIpc) is 2.77. The molecule has 0 unspecified atom stereocenters. The summed E-state index contributed by atoms with van der Waals surface area (Å²) in [5.41, 5.74) is 0.770. The summed E-state index contributed by atoms with van der Waals surface area (Å²) in [5.74, 6) is 0.162. The Morgan fingerprint density at radius 3 is 2.80 bits per heavy atom. The number of carbonyl (C=O) groups excluding carboxylic acids is 1. The maximum atomic E-state index is 12.1. The second-order valence-electron chi connectivity index (χ2n) is 3.71. The molecule has 1 saturated heterocycles. The highest BCUT2D eigenvalue weighted by molar-refractivity contribution is 6.00. The van der Waals surface area contributed by atoms with Gasteiger partial charge in [0.2, 0.25) is 0 Å². The Morgan fingerprint density at radius 2 is 2.13 bits per heavy atom. The minimum atomic E-state index is -0.0996. The lowest BCUT2D eigenvalue weighted by Crippen LogP contribution is -2.35. The number of ketones is 1. The van der Waals surface area contributed by atoms with E-state index in [1.165, 1.54) is 0 Å². The average molecular weight is 205 g/mol. The minimum absolute atomic E-state index is 0.0996. The van der Waals surface area contributed by atoms with E-state index in [2.05, 4.69) is 0 Å². The zero-order valence-corrected chi connectivity index (χ0v) is 8.85. The van der Waals surface area contributed by atoms with Crippen LogP contribution in [-0.2, 0) is 4.84 Å². The van der Waals surface area contributed by atoms with Gasteiger partial charge in [0.15, 0.2) is 5.78 Å². The Bertz CT molecular complexity index is 337. The van der Waals surface area contributed by atoms with Gasteiger partial charge in [-0.05, 0) is 12.8 Å². The van der Waals surface area contributed by atoms with E-state index in [1.807, 2.05) is 30.3 Å². The van der Waals surface area contributed by atoms with Crippen LogP contribution in [0.15, 0.2) is 30.3 Å². The van der Waals surface area contributed by atoms with E-state index >= 15 is 0 Å². The highest BCUT2D eigenvalue weighted by Crippen LogP contribution is 2.20. The zero-order chi connectivity index (χ0) is 10.7. The van der Waals surface area contributed by atoms with Crippen molar-refractivity contribution in [3.8, 4) is 0 Å². The van der Waals surface area contributed by atoms with Crippen molar-refractivity contribution < 1.29 is 9.63 Å². The Kier molecular flexibility index (Phi) is 3.14. The fraction of sp³-hybridized carbons (Fsp3) is 0.417. The summed E-state index contributed by atoms with van der Waals surface area (Å²) in [7, 11) is 1.62. The molecule has 0 spiro atoms. The number of nitrogens with zero attached hydrogens (tertiary/aromatic N) is 1. The lowest BCUT2D eigenvalue weighted by atomic mass is 10.0. The number of hydrogen-bond donors (Lipinski definition) is 0. The van der Waals surface area contributed by atoms with Crippen LogP contribution in [0.4, 0.5) is 0 Å². The molecule has 0 bridgehead atoms. The quantitative estimate of drug-likeness (QED) is 0.706. The van der Waals surface area contributed by atoms with Gasteiger partial charge >= 0.3 is 0 Å². The van der Waals surface area contributed by atoms with Gasteiger partial charge in [0.05, 0.1) is 13.2 Å². The highest BCUT2D eigenvalue weighted by atomic mass is 16.7. The van der Waals surface area contributed by atoms with Gasteiger partial charge in [-0.15, -0.1) is 0 Å². The normalized spacial score (nSPS) is 21.8. The van der Waals surface area contributed by atoms with Gasteiger partial charge in [0, 0.05) is 12.1 Å². The molecule has 3 heteroatoms. The van der Waals surface area contributed by atoms with Crippen LogP contribution >= 0.6 is 0 Å². The molecule has 0 radical (unpaired) electrons. The van der Waals surface area contributed by atoms with Crippen LogP contribution in [0.25, 0.3) is 0 Å². The molecule has 1 aliphatic rings. The summed E-state index contributed by atoms with van der Waals surface area (Å²) in [6, 6.07) is 9.30. The van der Waals surface area contributed by atoms with Gasteiger partial charge in [-0.1, -0.05) is 30.3 Å². The van der Waals surface area contributed by atoms with Crippen molar-refractivity contribution in [1.29, 1.82) is 0 Å². The topological polar surface area (TPSA) is 29.5 Å². The predicted octanol–water partition coefficient (Wildman–Crippen LogP) is 1.90. The zero-order valence-electron chi connectivity index (χ0n) is 8.85. The molecule has 0 N–H and O–H groups in total. The molecule has 3 nitrogen and oxygen atoms in total. The SMILES string of the molecule is CON1CCC[C@H]1C(=O)c1ccccc1. The van der Waals surface area contributed by atoms with Crippen LogP contribution in [-0.4, -0.2) is 30.5 Å². The van der Waals surface area contributed by atoms with E-state index in [1.54, 1.807) is 12.2 Å². The van der Waals surface area contributed by atoms with Gasteiger partial charge in [0.1, 0.15) is 0 Å². The van der Waals surface area contributed by atoms with Gasteiger partial charge < -0.3 is 4.84 Å². The second kappa shape index (κ2) is 4.55. The number of benzene rings is 1. The van der Waals surface area contributed by atoms with Crippen LogP contribution in [0.1, 0.15) is 23.2 Å². The molecule has 1 aliphatic heterocycles. The third kappa shape index (κ3) is 2.08. The van der Waals surface area contributed by atoms with Gasteiger partial charge in [-0.25, -0.2) is 0 Å². The van der Waals surface area contributed by atoms with Crippen LogP contribution in [0, 0.1) is 0 Å². The number of hydrogen-bond acceptors (Lipinski definition) is 3. The summed E-state index contributed by atoms with van der Waals surface area (Å²) in [6.07, 6.45) is 1.92. The third-order valence-corrected chi connectivity index (χ3v) is 2.80. The van der Waals surface area contributed by atoms with Crippen LogP contribution in [0.3, 0.4) is 0 Å². The fourth-order valence-corrected chi connectivity index (χ4v) is 2.02. The summed E-state index contributed by atoms with van der Waals surface area (Å²) in [4.78, 5) is 17.3. The van der Waals surface area contributed by atoms with E-state index in [-0.39, 0.29) is 11.8 Å². The predicted molar refractivity (Wildman–Crippen MR) is 57.5 cm³/mol. The number of rotatable bonds is 3. The summed E-state index contributed by atoms with van der Waals surface area (Å²) < 4.78 is 0. The van der Waals surface area contributed by atoms with Crippen molar-refractivity contribution in [2.24, 2.45) is 0 Å². The highest BCUT2D eigenvalue weighted by Gasteiger charge is 2.31. The Hall–Kier alpha value is -1.19. The van der Waals surface area contributed by atoms with Crippen molar-refractivity contribution in [2.75, 3.05) is 13.7 Å². The molecule has 0 saturated carbocycles. The van der Waals surface area contributed by atoms with E-state index < -0.39 is 0 Å². The molecular weight excluding hydrogens is 190 g/mol. The minimum Gasteiger partial charge on any atom is -0.302 e. The third-order valence-electron chi connectivity index (χ3n) is 2.80. The summed E-state index contributed by atoms with van der Waals surface area (Å²) >= 11 is 0. The van der Waals surface area contributed by atoms with Crippen molar-refractivity contribution in [1.82, 2.24) is 5.06 Å². The molecule has 15 heavy (non-hydrogen) atoms.